The lowest BCUT2D eigenvalue weighted by Gasteiger charge is -2.22. The first-order valence-electron chi connectivity index (χ1n) is 12.6. The molecule has 2 heterocycles. The van der Waals surface area contributed by atoms with Crippen LogP contribution in [0, 0.1) is 0 Å². The standard InChI is InChI=1S/C28H33FN6O3/c1-28(37,38)14-3-2-6-26-33-24-17-19(25(34-30)18-32-21-5-4-15-31-16-13-21)7-12-23(24)27(36)35(26)22-10-8-20(29)9-11-22/h5,7-10,12-13,15-18,22,32,34,37-38H,2-4,6,11,14,30H2,1H3/b25-18-. The van der Waals surface area contributed by atoms with Crippen molar-refractivity contribution in [2.24, 2.45) is 10.8 Å². The number of hydrazine groups is 1. The van der Waals surface area contributed by atoms with Crippen LogP contribution in [0.4, 0.5) is 4.39 Å². The van der Waals surface area contributed by atoms with Gasteiger partial charge in [0, 0.05) is 49.1 Å². The Morgan fingerprint density at radius 1 is 1.29 bits per heavy atom. The highest BCUT2D eigenvalue weighted by atomic mass is 19.1. The highest BCUT2D eigenvalue weighted by Gasteiger charge is 2.20. The molecule has 200 valence electrons. The number of aliphatic imine (C=N–C) groups is 1. The average molecular weight is 521 g/mol. The molecule has 10 heteroatoms. The molecule has 0 radical (unpaired) electrons. The summed E-state index contributed by atoms with van der Waals surface area (Å²) in [6.07, 6.45) is 16.4. The molecule has 1 aliphatic carbocycles. The molecule has 2 aromatic rings. The van der Waals surface area contributed by atoms with Crippen LogP contribution in [0.5, 0.6) is 0 Å². The van der Waals surface area contributed by atoms with Crippen LogP contribution in [0.15, 0.2) is 82.3 Å². The summed E-state index contributed by atoms with van der Waals surface area (Å²) in [7, 11) is 0. The molecule has 0 fully saturated rings. The smallest absolute Gasteiger partial charge is 0.261 e. The zero-order valence-corrected chi connectivity index (χ0v) is 21.3. The molecular weight excluding hydrogens is 487 g/mol. The van der Waals surface area contributed by atoms with Crippen LogP contribution in [0.25, 0.3) is 16.6 Å². The Morgan fingerprint density at radius 3 is 2.87 bits per heavy atom. The normalized spacial score (nSPS) is 17.8. The van der Waals surface area contributed by atoms with E-state index >= 15 is 0 Å². The Bertz CT molecular complexity index is 1410. The summed E-state index contributed by atoms with van der Waals surface area (Å²) in [5, 5.41) is 22.9. The number of allylic oxidation sites excluding steroid dienone is 6. The van der Waals surface area contributed by atoms with Gasteiger partial charge in [-0.15, -0.1) is 0 Å². The molecule has 38 heavy (non-hydrogen) atoms. The Kier molecular flexibility index (Phi) is 8.67. The summed E-state index contributed by atoms with van der Waals surface area (Å²) in [6.45, 7) is 1.34. The van der Waals surface area contributed by atoms with E-state index in [0.717, 1.165) is 11.3 Å². The maximum atomic E-state index is 13.6. The van der Waals surface area contributed by atoms with Gasteiger partial charge in [0.2, 0.25) is 0 Å². The third-order valence-electron chi connectivity index (χ3n) is 6.38. The van der Waals surface area contributed by atoms with Crippen LogP contribution in [-0.2, 0) is 6.42 Å². The molecule has 1 unspecified atom stereocenters. The van der Waals surface area contributed by atoms with E-state index in [9.17, 15) is 19.4 Å². The van der Waals surface area contributed by atoms with Gasteiger partial charge in [-0.2, -0.15) is 0 Å². The second-order valence-electron chi connectivity index (χ2n) is 9.50. The number of unbranched alkanes of at least 4 members (excludes halogenated alkanes) is 1. The third-order valence-corrected chi connectivity index (χ3v) is 6.38. The van der Waals surface area contributed by atoms with E-state index in [1.165, 1.54) is 19.1 Å². The molecule has 0 bridgehead atoms. The number of fused-ring (bicyclic) bond motifs is 1. The van der Waals surface area contributed by atoms with Crippen LogP contribution >= 0.6 is 0 Å². The number of aryl methyl sites for hydroxylation is 1. The van der Waals surface area contributed by atoms with Crippen molar-refractivity contribution in [1.29, 1.82) is 0 Å². The number of nitrogens with one attached hydrogen (secondary N) is 2. The van der Waals surface area contributed by atoms with Crippen molar-refractivity contribution in [3.05, 3.63) is 94.2 Å². The molecule has 4 rings (SSSR count). The number of benzene rings is 1. The fourth-order valence-electron chi connectivity index (χ4n) is 4.41. The minimum absolute atomic E-state index is 0.202. The largest absolute Gasteiger partial charge is 0.366 e. The lowest BCUT2D eigenvalue weighted by atomic mass is 10.0. The first kappa shape index (κ1) is 27.2. The van der Waals surface area contributed by atoms with Crippen molar-refractivity contribution in [3.8, 4) is 0 Å². The fraction of sp³-hybridized carbons (Fsp3) is 0.321. The van der Waals surface area contributed by atoms with E-state index in [1.54, 1.807) is 47.5 Å². The molecule has 0 spiro atoms. The molecule has 1 aromatic carbocycles. The van der Waals surface area contributed by atoms with Crippen molar-refractivity contribution in [2.75, 3.05) is 0 Å². The summed E-state index contributed by atoms with van der Waals surface area (Å²) in [5.74, 6) is 4.29. The topological polar surface area (TPSA) is 138 Å². The number of hydrogen-bond donors (Lipinski definition) is 5. The van der Waals surface area contributed by atoms with Crippen molar-refractivity contribution < 1.29 is 14.6 Å². The predicted octanol–water partition coefficient (Wildman–Crippen LogP) is 3.39. The summed E-state index contributed by atoms with van der Waals surface area (Å²) >= 11 is 0. The Hall–Kier alpha value is -3.86. The Labute approximate surface area is 220 Å². The summed E-state index contributed by atoms with van der Waals surface area (Å²) in [4.78, 5) is 22.6. The van der Waals surface area contributed by atoms with Gasteiger partial charge in [0.15, 0.2) is 5.79 Å². The molecule has 1 aromatic heterocycles. The van der Waals surface area contributed by atoms with Crippen molar-refractivity contribution in [1.82, 2.24) is 20.3 Å². The van der Waals surface area contributed by atoms with E-state index in [2.05, 4.69) is 15.7 Å². The summed E-state index contributed by atoms with van der Waals surface area (Å²) in [5.41, 5.74) is 5.19. The third kappa shape index (κ3) is 6.91. The van der Waals surface area contributed by atoms with Crippen molar-refractivity contribution in [2.45, 2.75) is 57.3 Å². The van der Waals surface area contributed by atoms with E-state index in [4.69, 9.17) is 10.8 Å². The zero-order chi connectivity index (χ0) is 27.1. The van der Waals surface area contributed by atoms with E-state index in [-0.39, 0.29) is 23.8 Å². The highest BCUT2D eigenvalue weighted by Crippen LogP contribution is 2.25. The molecular formula is C28H33FN6O3. The van der Waals surface area contributed by atoms with Gasteiger partial charge >= 0.3 is 0 Å². The summed E-state index contributed by atoms with van der Waals surface area (Å²) < 4.78 is 15.2. The lowest BCUT2D eigenvalue weighted by molar-refractivity contribution is -0.150. The predicted molar refractivity (Wildman–Crippen MR) is 147 cm³/mol. The molecule has 0 amide bonds. The quantitative estimate of drug-likeness (QED) is 0.140. The fourth-order valence-corrected chi connectivity index (χ4v) is 4.41. The van der Waals surface area contributed by atoms with Crippen LogP contribution < -0.4 is 22.1 Å². The molecule has 9 nitrogen and oxygen atoms in total. The molecule has 1 aliphatic heterocycles. The summed E-state index contributed by atoms with van der Waals surface area (Å²) in [6, 6.07) is 4.95. The molecule has 6 N–H and O–H groups in total. The van der Waals surface area contributed by atoms with Crippen molar-refractivity contribution in [3.63, 3.8) is 0 Å². The van der Waals surface area contributed by atoms with Gasteiger partial charge in [0.1, 0.15) is 11.7 Å². The van der Waals surface area contributed by atoms with Crippen LogP contribution in [0.3, 0.4) is 0 Å². The first-order valence-corrected chi connectivity index (χ1v) is 12.6. The second kappa shape index (κ2) is 12.1. The van der Waals surface area contributed by atoms with Gasteiger partial charge in [-0.1, -0.05) is 18.2 Å². The lowest BCUT2D eigenvalue weighted by Crippen LogP contribution is -2.29. The SMILES string of the molecule is CC(O)(O)CCCCc1nc2cc(/C(=C/NC3=CCC=NC=C3)NN)ccc2c(=O)n1C1C=CC(F)=CC1. The van der Waals surface area contributed by atoms with E-state index in [0.29, 0.717) is 54.5 Å². The maximum Gasteiger partial charge on any atom is 0.261 e. The Morgan fingerprint density at radius 2 is 2.13 bits per heavy atom. The molecule has 2 aliphatic rings. The first-order chi connectivity index (χ1) is 18.2. The van der Waals surface area contributed by atoms with Gasteiger partial charge in [0.05, 0.1) is 22.6 Å². The van der Waals surface area contributed by atoms with Gasteiger partial charge < -0.3 is 21.0 Å². The van der Waals surface area contributed by atoms with Gasteiger partial charge in [0.25, 0.3) is 5.56 Å². The average Bonchev–Trinajstić information content (AvgIpc) is 3.16. The minimum atomic E-state index is -1.75. The Balaban J connectivity index is 1.68. The zero-order valence-electron chi connectivity index (χ0n) is 21.3. The number of halogens is 1. The number of aromatic nitrogens is 2. The number of nitrogens with zero attached hydrogens (tertiary/aromatic N) is 3. The molecule has 1 atom stereocenters. The number of nitrogens with two attached hydrogens (primary N) is 1. The van der Waals surface area contributed by atoms with Crippen LogP contribution in [-0.4, -0.2) is 31.8 Å². The van der Waals surface area contributed by atoms with Crippen LogP contribution in [0.1, 0.15) is 56.5 Å². The van der Waals surface area contributed by atoms with E-state index < -0.39 is 5.79 Å². The van der Waals surface area contributed by atoms with Crippen LogP contribution in [0.2, 0.25) is 0 Å². The van der Waals surface area contributed by atoms with Crippen molar-refractivity contribution >= 4 is 22.8 Å². The molecule has 0 saturated carbocycles. The molecule has 0 saturated heterocycles. The van der Waals surface area contributed by atoms with Gasteiger partial charge in [-0.25, -0.2) is 9.37 Å². The minimum Gasteiger partial charge on any atom is -0.366 e. The monoisotopic (exact) mass is 520 g/mol. The number of aliphatic hydroxyl groups is 2. The van der Waals surface area contributed by atoms with E-state index in [1.807, 2.05) is 12.2 Å². The second-order valence-corrected chi connectivity index (χ2v) is 9.50. The highest BCUT2D eigenvalue weighted by molar-refractivity contribution is 5.82. The van der Waals surface area contributed by atoms with Gasteiger partial charge in [-0.3, -0.25) is 20.2 Å². The number of hydrogen-bond acceptors (Lipinski definition) is 8. The number of rotatable bonds is 10. The maximum absolute atomic E-state index is 13.6. The van der Waals surface area contributed by atoms with Gasteiger partial charge in [-0.05, 0) is 56.5 Å².